The van der Waals surface area contributed by atoms with E-state index in [1.54, 1.807) is 0 Å². The zero-order valence-corrected chi connectivity index (χ0v) is 7.19. The van der Waals surface area contributed by atoms with Crippen LogP contribution in [0.2, 0.25) is 0 Å². The molecule has 0 amide bonds. The van der Waals surface area contributed by atoms with E-state index in [9.17, 15) is 13.2 Å². The second kappa shape index (κ2) is 3.99. The van der Waals surface area contributed by atoms with Gasteiger partial charge in [-0.1, -0.05) is 0 Å². The van der Waals surface area contributed by atoms with E-state index in [1.165, 1.54) is 0 Å². The van der Waals surface area contributed by atoms with Gasteiger partial charge in [-0.05, 0) is 18.2 Å². The molecule has 15 heavy (non-hydrogen) atoms. The van der Waals surface area contributed by atoms with Gasteiger partial charge in [-0.3, -0.25) is 0 Å². The van der Waals surface area contributed by atoms with Crippen molar-refractivity contribution >= 4 is 12.6 Å². The van der Waals surface area contributed by atoms with Gasteiger partial charge in [-0.2, -0.15) is 0 Å². The summed E-state index contributed by atoms with van der Waals surface area (Å²) >= 11 is 0. The lowest BCUT2D eigenvalue weighted by atomic mass is 9.79. The van der Waals surface area contributed by atoms with Crippen LogP contribution in [0.4, 0.5) is 13.2 Å². The van der Waals surface area contributed by atoms with Gasteiger partial charge in [0.25, 0.3) is 0 Å². The molecule has 0 fully saturated rings. The van der Waals surface area contributed by atoms with Gasteiger partial charge in [0.05, 0.1) is 0 Å². The molecule has 0 aliphatic heterocycles. The minimum Gasteiger partial charge on any atom is -0.508 e. The van der Waals surface area contributed by atoms with Gasteiger partial charge in [-0.15, -0.1) is 13.2 Å². The van der Waals surface area contributed by atoms with E-state index >= 15 is 0 Å². The van der Waals surface area contributed by atoms with E-state index in [4.69, 9.17) is 15.2 Å². The van der Waals surface area contributed by atoms with Gasteiger partial charge in [0.15, 0.2) is 0 Å². The predicted molar refractivity (Wildman–Crippen MR) is 44.6 cm³/mol. The molecule has 0 aliphatic rings. The first kappa shape index (κ1) is 11.7. The molecule has 82 valence electrons. The molecule has 0 spiro atoms. The van der Waals surface area contributed by atoms with Gasteiger partial charge < -0.3 is 19.9 Å². The van der Waals surface area contributed by atoms with Crippen molar-refractivity contribution in [2.45, 2.75) is 6.36 Å². The molecule has 1 aromatic rings. The largest absolute Gasteiger partial charge is 0.573 e. The summed E-state index contributed by atoms with van der Waals surface area (Å²) in [7, 11) is -2.07. The molecule has 0 heterocycles. The van der Waals surface area contributed by atoms with E-state index in [0.717, 1.165) is 12.1 Å². The molecule has 1 rings (SSSR count). The minimum atomic E-state index is -4.87. The Morgan fingerprint density at radius 2 is 1.80 bits per heavy atom. The summed E-state index contributed by atoms with van der Waals surface area (Å²) in [6.45, 7) is 0. The third-order valence-electron chi connectivity index (χ3n) is 1.51. The van der Waals surface area contributed by atoms with Crippen molar-refractivity contribution in [2.24, 2.45) is 0 Å². The Balaban J connectivity index is 2.98. The second-order valence-electron chi connectivity index (χ2n) is 2.64. The zero-order chi connectivity index (χ0) is 11.6. The third kappa shape index (κ3) is 3.33. The third-order valence-corrected chi connectivity index (χ3v) is 1.51. The molecule has 1 aromatic carbocycles. The number of halogens is 3. The van der Waals surface area contributed by atoms with Crippen LogP contribution in [0, 0.1) is 0 Å². The van der Waals surface area contributed by atoms with E-state index in [1.807, 2.05) is 0 Å². The molecule has 0 atom stereocenters. The molecular formula is C7H6BF3O4. The lowest BCUT2D eigenvalue weighted by molar-refractivity contribution is -0.274. The van der Waals surface area contributed by atoms with Crippen molar-refractivity contribution in [1.82, 2.24) is 0 Å². The minimum absolute atomic E-state index is 0.461. The van der Waals surface area contributed by atoms with Crippen LogP contribution in [0.5, 0.6) is 11.5 Å². The number of phenols is 1. The van der Waals surface area contributed by atoms with Crippen molar-refractivity contribution in [2.75, 3.05) is 0 Å². The smallest absolute Gasteiger partial charge is 0.508 e. The Bertz CT molecular complexity index is 353. The summed E-state index contributed by atoms with van der Waals surface area (Å²) in [4.78, 5) is 0. The van der Waals surface area contributed by atoms with Crippen LogP contribution in [0.3, 0.4) is 0 Å². The normalized spacial score (nSPS) is 11.3. The van der Waals surface area contributed by atoms with Gasteiger partial charge in [0, 0.05) is 5.46 Å². The van der Waals surface area contributed by atoms with Crippen molar-refractivity contribution in [3.8, 4) is 11.5 Å². The molecule has 8 heteroatoms. The highest BCUT2D eigenvalue weighted by atomic mass is 19.4. The fraction of sp³-hybridized carbons (Fsp3) is 0.143. The highest BCUT2D eigenvalue weighted by molar-refractivity contribution is 6.59. The van der Waals surface area contributed by atoms with Crippen LogP contribution >= 0.6 is 0 Å². The molecule has 0 saturated heterocycles. The first-order valence-corrected chi connectivity index (χ1v) is 3.74. The molecule has 0 saturated carbocycles. The van der Waals surface area contributed by atoms with E-state index in [2.05, 4.69) is 4.74 Å². The molecule has 4 nitrogen and oxygen atoms in total. The Morgan fingerprint density at radius 1 is 1.20 bits per heavy atom. The molecule has 0 unspecified atom stereocenters. The first-order valence-electron chi connectivity index (χ1n) is 3.74. The highest BCUT2D eigenvalue weighted by Gasteiger charge is 2.31. The van der Waals surface area contributed by atoms with Crippen molar-refractivity contribution in [1.29, 1.82) is 0 Å². The molecule has 0 radical (unpaired) electrons. The average molecular weight is 222 g/mol. The lowest BCUT2D eigenvalue weighted by Gasteiger charge is -2.10. The van der Waals surface area contributed by atoms with Gasteiger partial charge in [-0.25, -0.2) is 0 Å². The van der Waals surface area contributed by atoms with Crippen LogP contribution in [0.15, 0.2) is 18.2 Å². The van der Waals surface area contributed by atoms with Crippen molar-refractivity contribution in [3.63, 3.8) is 0 Å². The summed E-state index contributed by atoms with van der Waals surface area (Å²) < 4.78 is 38.8. The number of hydrogen-bond donors (Lipinski definition) is 3. The molecule has 3 N–H and O–H groups in total. The van der Waals surface area contributed by atoms with Crippen molar-refractivity contribution < 1.29 is 33.1 Å². The first-order chi connectivity index (χ1) is 6.79. The maximum absolute atomic E-state index is 11.8. The topological polar surface area (TPSA) is 69.9 Å². The van der Waals surface area contributed by atoms with Gasteiger partial charge in [0.2, 0.25) is 0 Å². The Labute approximate surface area is 82.7 Å². The summed E-state index contributed by atoms with van der Waals surface area (Å²) in [6, 6.07) is 2.41. The molecule has 0 aliphatic carbocycles. The number of aromatic hydroxyl groups is 1. The van der Waals surface area contributed by atoms with Crippen LogP contribution in [-0.4, -0.2) is 28.6 Å². The maximum atomic E-state index is 11.8. The quantitative estimate of drug-likeness (QED) is 0.614. The monoisotopic (exact) mass is 222 g/mol. The van der Waals surface area contributed by atoms with Crippen LogP contribution in [0.25, 0.3) is 0 Å². The number of benzene rings is 1. The standard InChI is InChI=1S/C7H6BF3O4/c9-7(10,11)15-4-1-2-6(12)5(3-4)8(13)14/h1-3,12-14H. The predicted octanol–water partition coefficient (Wildman–Crippen LogP) is -0.0294. The van der Waals surface area contributed by atoms with E-state index in [-0.39, 0.29) is 0 Å². The maximum Gasteiger partial charge on any atom is 0.573 e. The summed E-state index contributed by atoms with van der Waals surface area (Å²) in [6.07, 6.45) is -4.87. The van der Waals surface area contributed by atoms with Crippen LogP contribution in [0.1, 0.15) is 0 Å². The number of phenolic OH excluding ortho intramolecular Hbond substituents is 1. The Morgan fingerprint density at radius 3 is 2.27 bits per heavy atom. The van der Waals surface area contributed by atoms with E-state index < -0.39 is 30.4 Å². The van der Waals surface area contributed by atoms with Gasteiger partial charge >= 0.3 is 13.5 Å². The summed E-state index contributed by atoms with van der Waals surface area (Å²) in [5, 5.41) is 26.4. The molecular weight excluding hydrogens is 216 g/mol. The SMILES string of the molecule is OB(O)c1cc(OC(F)(F)F)ccc1O. The fourth-order valence-electron chi connectivity index (χ4n) is 0.937. The average Bonchev–Trinajstić information content (AvgIpc) is 2.05. The Kier molecular flexibility index (Phi) is 3.11. The molecule has 0 bridgehead atoms. The van der Waals surface area contributed by atoms with Crippen LogP contribution in [-0.2, 0) is 0 Å². The summed E-state index contributed by atoms with van der Waals surface area (Å²) in [5.74, 6) is -1.16. The molecule has 0 aromatic heterocycles. The highest BCUT2D eigenvalue weighted by Crippen LogP contribution is 2.23. The second-order valence-corrected chi connectivity index (χ2v) is 2.64. The number of ether oxygens (including phenoxy) is 1. The van der Waals surface area contributed by atoms with E-state index in [0.29, 0.717) is 6.07 Å². The fourth-order valence-corrected chi connectivity index (χ4v) is 0.937. The number of hydrogen-bond acceptors (Lipinski definition) is 4. The zero-order valence-electron chi connectivity index (χ0n) is 7.19. The lowest BCUT2D eigenvalue weighted by Crippen LogP contribution is -2.30. The van der Waals surface area contributed by atoms with Crippen molar-refractivity contribution in [3.05, 3.63) is 18.2 Å². The summed E-state index contributed by atoms with van der Waals surface area (Å²) in [5.41, 5.74) is -0.461. The number of rotatable bonds is 2. The van der Waals surface area contributed by atoms with Gasteiger partial charge in [0.1, 0.15) is 11.5 Å². The Hall–Kier alpha value is -1.41. The number of alkyl halides is 3. The van der Waals surface area contributed by atoms with Crippen LogP contribution < -0.4 is 10.2 Å².